The quantitative estimate of drug-likeness (QED) is 0.576. The molecule has 0 atom stereocenters. The summed E-state index contributed by atoms with van der Waals surface area (Å²) in [6, 6.07) is 0. The fourth-order valence-electron chi connectivity index (χ4n) is 2.82. The first-order valence-electron chi connectivity index (χ1n) is 6.68. The summed E-state index contributed by atoms with van der Waals surface area (Å²) >= 11 is 0. The lowest BCUT2D eigenvalue weighted by atomic mass is 10.4. The minimum atomic E-state index is -1.56. The van der Waals surface area contributed by atoms with Crippen molar-refractivity contribution in [3.63, 3.8) is 0 Å². The molecule has 0 aromatic carbocycles. The average molecular weight is 252 g/mol. The lowest BCUT2D eigenvalue weighted by Crippen LogP contribution is -2.43. The molecule has 0 aromatic heterocycles. The Morgan fingerprint density at radius 2 is 1.47 bits per heavy atom. The summed E-state index contributed by atoms with van der Waals surface area (Å²) in [4.78, 5) is 0. The maximum absolute atomic E-state index is 8.70. The molecule has 0 bridgehead atoms. The van der Waals surface area contributed by atoms with Crippen molar-refractivity contribution in [2.24, 2.45) is 0 Å². The monoisotopic (exact) mass is 252 g/mol. The largest absolute Gasteiger partial charge is 0.396 e. The van der Waals surface area contributed by atoms with E-state index in [0.717, 1.165) is 0 Å². The standard InChI is InChI=1S/C15H28OSi/c1-13(2)17(14(3)4,15(5)6)12-10-8-7-9-11-16/h7-8,13-16H,9,11H2,1-6H3. The van der Waals surface area contributed by atoms with E-state index in [4.69, 9.17) is 5.11 Å². The van der Waals surface area contributed by atoms with Gasteiger partial charge in [-0.2, -0.15) is 0 Å². The summed E-state index contributed by atoms with van der Waals surface area (Å²) in [6.07, 6.45) is 4.56. The first-order valence-corrected chi connectivity index (χ1v) is 8.91. The van der Waals surface area contributed by atoms with Crippen LogP contribution in [0, 0.1) is 11.5 Å². The zero-order valence-corrected chi connectivity index (χ0v) is 13.2. The van der Waals surface area contributed by atoms with Crippen molar-refractivity contribution in [2.75, 3.05) is 6.61 Å². The lowest BCUT2D eigenvalue weighted by molar-refractivity contribution is 0.302. The van der Waals surface area contributed by atoms with Gasteiger partial charge < -0.3 is 5.11 Å². The van der Waals surface area contributed by atoms with Gasteiger partial charge in [-0.15, -0.1) is 5.54 Å². The van der Waals surface area contributed by atoms with Crippen LogP contribution in [0.1, 0.15) is 48.0 Å². The van der Waals surface area contributed by atoms with Crippen molar-refractivity contribution >= 4 is 8.07 Å². The molecule has 0 unspecified atom stereocenters. The van der Waals surface area contributed by atoms with Crippen LogP contribution in [0.2, 0.25) is 16.6 Å². The third-order valence-electron chi connectivity index (χ3n) is 3.65. The first-order chi connectivity index (χ1) is 7.89. The van der Waals surface area contributed by atoms with Gasteiger partial charge in [0.1, 0.15) is 8.07 Å². The summed E-state index contributed by atoms with van der Waals surface area (Å²) < 4.78 is 0. The normalized spacial score (nSPS) is 12.6. The van der Waals surface area contributed by atoms with Gasteiger partial charge in [0.15, 0.2) is 0 Å². The van der Waals surface area contributed by atoms with Crippen LogP contribution in [0.25, 0.3) is 0 Å². The second kappa shape index (κ2) is 7.74. The minimum absolute atomic E-state index is 0.208. The molecule has 0 fully saturated rings. The molecular weight excluding hydrogens is 224 g/mol. The summed E-state index contributed by atoms with van der Waals surface area (Å²) in [5.74, 6) is 3.23. The SMILES string of the molecule is CC(C)[Si](C#CC=CCCO)(C(C)C)C(C)C. The zero-order valence-electron chi connectivity index (χ0n) is 12.2. The van der Waals surface area contributed by atoms with Crippen molar-refractivity contribution in [2.45, 2.75) is 64.6 Å². The molecule has 0 spiro atoms. The second-order valence-electron chi connectivity index (χ2n) is 5.58. The predicted molar refractivity (Wildman–Crippen MR) is 79.7 cm³/mol. The maximum atomic E-state index is 8.70. The fourth-order valence-corrected chi connectivity index (χ4v) is 8.02. The van der Waals surface area contributed by atoms with Crippen LogP contribution in [0.15, 0.2) is 12.2 Å². The summed E-state index contributed by atoms with van der Waals surface area (Å²) in [5, 5.41) is 8.70. The second-order valence-corrected chi connectivity index (χ2v) is 11.2. The molecule has 0 saturated carbocycles. The van der Waals surface area contributed by atoms with Gasteiger partial charge in [-0.3, -0.25) is 0 Å². The summed E-state index contributed by atoms with van der Waals surface area (Å²) in [5.41, 5.74) is 5.66. The predicted octanol–water partition coefficient (Wildman–Crippen LogP) is 4.15. The van der Waals surface area contributed by atoms with Crippen LogP contribution in [-0.2, 0) is 0 Å². The maximum Gasteiger partial charge on any atom is 0.146 e. The Bertz CT molecular complexity index is 270. The third kappa shape index (κ3) is 4.33. The van der Waals surface area contributed by atoms with E-state index in [9.17, 15) is 0 Å². The molecule has 2 heteroatoms. The summed E-state index contributed by atoms with van der Waals surface area (Å²) in [7, 11) is -1.56. The van der Waals surface area contributed by atoms with Crippen LogP contribution in [0.5, 0.6) is 0 Å². The molecule has 1 nitrogen and oxygen atoms in total. The molecule has 0 rings (SSSR count). The molecule has 0 radical (unpaired) electrons. The number of hydrogen-bond donors (Lipinski definition) is 1. The highest BCUT2D eigenvalue weighted by atomic mass is 28.3. The first kappa shape index (κ1) is 16.5. The van der Waals surface area contributed by atoms with Gasteiger partial charge in [0.2, 0.25) is 0 Å². The molecule has 0 amide bonds. The van der Waals surface area contributed by atoms with E-state index in [1.54, 1.807) is 0 Å². The molecule has 0 aliphatic carbocycles. The van der Waals surface area contributed by atoms with Gasteiger partial charge in [0.05, 0.1) is 0 Å². The van der Waals surface area contributed by atoms with Crippen molar-refractivity contribution in [1.82, 2.24) is 0 Å². The number of aliphatic hydroxyl groups excluding tert-OH is 1. The van der Waals surface area contributed by atoms with Gasteiger partial charge in [-0.1, -0.05) is 53.5 Å². The van der Waals surface area contributed by atoms with Crippen molar-refractivity contribution in [3.05, 3.63) is 12.2 Å². The lowest BCUT2D eigenvalue weighted by Gasteiger charge is -2.37. The molecule has 98 valence electrons. The van der Waals surface area contributed by atoms with Crippen molar-refractivity contribution in [1.29, 1.82) is 0 Å². The van der Waals surface area contributed by atoms with Crippen LogP contribution < -0.4 is 0 Å². The zero-order chi connectivity index (χ0) is 13.5. The van der Waals surface area contributed by atoms with E-state index in [0.29, 0.717) is 23.0 Å². The van der Waals surface area contributed by atoms with Crippen LogP contribution in [0.4, 0.5) is 0 Å². The number of rotatable bonds is 5. The van der Waals surface area contributed by atoms with Crippen LogP contribution >= 0.6 is 0 Å². The molecule has 0 saturated heterocycles. The highest BCUT2D eigenvalue weighted by Crippen LogP contribution is 2.40. The Morgan fingerprint density at radius 3 is 1.82 bits per heavy atom. The Kier molecular flexibility index (Phi) is 7.50. The smallest absolute Gasteiger partial charge is 0.146 e. The Hall–Kier alpha value is -0.523. The fraction of sp³-hybridized carbons (Fsp3) is 0.733. The number of hydrogen-bond acceptors (Lipinski definition) is 1. The van der Waals surface area contributed by atoms with E-state index in [1.807, 2.05) is 12.2 Å². The Morgan fingerprint density at radius 1 is 1.00 bits per heavy atom. The molecule has 17 heavy (non-hydrogen) atoms. The third-order valence-corrected chi connectivity index (χ3v) is 9.96. The van der Waals surface area contributed by atoms with Gasteiger partial charge in [-0.05, 0) is 29.1 Å². The van der Waals surface area contributed by atoms with E-state index >= 15 is 0 Å². The van der Waals surface area contributed by atoms with E-state index in [-0.39, 0.29) is 6.61 Å². The van der Waals surface area contributed by atoms with Gasteiger partial charge in [-0.25, -0.2) is 0 Å². The average Bonchev–Trinajstić information content (AvgIpc) is 2.21. The van der Waals surface area contributed by atoms with E-state index in [2.05, 4.69) is 53.0 Å². The highest BCUT2D eigenvalue weighted by Gasteiger charge is 2.41. The van der Waals surface area contributed by atoms with Crippen LogP contribution in [-0.4, -0.2) is 19.8 Å². The summed E-state index contributed by atoms with van der Waals surface area (Å²) in [6.45, 7) is 14.1. The van der Waals surface area contributed by atoms with Crippen LogP contribution in [0.3, 0.4) is 0 Å². The molecule has 0 aliphatic heterocycles. The number of aliphatic hydroxyl groups is 1. The van der Waals surface area contributed by atoms with Gasteiger partial charge in [0, 0.05) is 6.61 Å². The van der Waals surface area contributed by atoms with Gasteiger partial charge >= 0.3 is 0 Å². The molecule has 0 heterocycles. The highest BCUT2D eigenvalue weighted by molar-refractivity contribution is 6.90. The van der Waals surface area contributed by atoms with E-state index in [1.165, 1.54) is 0 Å². The Labute approximate surface area is 108 Å². The molecular formula is C15H28OSi. The molecule has 0 aromatic rings. The minimum Gasteiger partial charge on any atom is -0.396 e. The molecule has 1 N–H and O–H groups in total. The Balaban J connectivity index is 5.05. The topological polar surface area (TPSA) is 20.2 Å². The number of allylic oxidation sites excluding steroid dienone is 1. The van der Waals surface area contributed by atoms with Crippen molar-refractivity contribution < 1.29 is 5.11 Å². The van der Waals surface area contributed by atoms with E-state index < -0.39 is 8.07 Å². The van der Waals surface area contributed by atoms with Gasteiger partial charge in [0.25, 0.3) is 0 Å². The van der Waals surface area contributed by atoms with Crippen molar-refractivity contribution in [3.8, 4) is 11.5 Å². The molecule has 0 aliphatic rings.